The molecule has 2 heterocycles. The lowest BCUT2D eigenvalue weighted by Gasteiger charge is -2.37. The number of hydrogen-bond acceptors (Lipinski definition) is 6. The van der Waals surface area contributed by atoms with Crippen LogP contribution in [-0.4, -0.2) is 78.8 Å². The fraction of sp³-hybridized carbons (Fsp3) is 0.455. The molecule has 0 bridgehead atoms. The number of hydrogen-bond donors (Lipinski definition) is 1. The molecule has 174 valence electrons. The van der Waals surface area contributed by atoms with Crippen LogP contribution in [0.2, 0.25) is 0 Å². The number of ether oxygens (including phenoxy) is 1. The average molecular weight is 466 g/mol. The van der Waals surface area contributed by atoms with Gasteiger partial charge in [0.15, 0.2) is 0 Å². The van der Waals surface area contributed by atoms with Crippen LogP contribution < -0.4 is 4.74 Å². The highest BCUT2D eigenvalue weighted by molar-refractivity contribution is 7.88. The van der Waals surface area contributed by atoms with E-state index in [1.54, 1.807) is 30.0 Å². The normalized spacial score (nSPS) is 20.3. The van der Waals surface area contributed by atoms with E-state index >= 15 is 0 Å². The topological polar surface area (TPSA) is 100 Å². The Morgan fingerprint density at radius 1 is 1.31 bits per heavy atom. The molecular weight excluding hydrogens is 437 g/mol. The van der Waals surface area contributed by atoms with E-state index in [2.05, 4.69) is 4.98 Å². The molecule has 0 fully saturated rings. The molecule has 0 radical (unpaired) electrons. The summed E-state index contributed by atoms with van der Waals surface area (Å²) in [6, 6.07) is 6.99. The third-order valence-corrected chi connectivity index (χ3v) is 6.98. The number of likely N-dealkylation sites (N-methyl/N-ethyl adjacent to an activating group) is 1. The highest BCUT2D eigenvalue weighted by Crippen LogP contribution is 2.30. The number of carbonyl (C=O) groups excluding carboxylic acids is 1. The van der Waals surface area contributed by atoms with Crippen LogP contribution in [0.15, 0.2) is 36.5 Å². The first-order valence-corrected chi connectivity index (χ1v) is 12.1. The van der Waals surface area contributed by atoms with Crippen molar-refractivity contribution < 1.29 is 27.4 Å². The summed E-state index contributed by atoms with van der Waals surface area (Å²) in [7, 11) is -1.97. The molecule has 3 atom stereocenters. The van der Waals surface area contributed by atoms with Gasteiger partial charge in [-0.3, -0.25) is 4.79 Å². The highest BCUT2D eigenvalue weighted by Gasteiger charge is 2.35. The van der Waals surface area contributed by atoms with Gasteiger partial charge in [-0.25, -0.2) is 22.1 Å². The second kappa shape index (κ2) is 9.51. The maximum absolute atomic E-state index is 13.4. The summed E-state index contributed by atoms with van der Waals surface area (Å²) in [6.45, 7) is 3.72. The van der Waals surface area contributed by atoms with Crippen molar-refractivity contribution >= 4 is 15.9 Å². The zero-order valence-corrected chi connectivity index (χ0v) is 19.3. The third kappa shape index (κ3) is 5.25. The summed E-state index contributed by atoms with van der Waals surface area (Å²) in [4.78, 5) is 19.3. The van der Waals surface area contributed by atoms with Crippen LogP contribution in [0.4, 0.5) is 4.39 Å². The van der Waals surface area contributed by atoms with Crippen molar-refractivity contribution in [2.24, 2.45) is 5.92 Å². The van der Waals surface area contributed by atoms with Gasteiger partial charge in [-0.05, 0) is 30.7 Å². The van der Waals surface area contributed by atoms with E-state index in [9.17, 15) is 22.7 Å². The van der Waals surface area contributed by atoms with Gasteiger partial charge >= 0.3 is 0 Å². The molecule has 0 aliphatic carbocycles. The van der Waals surface area contributed by atoms with E-state index in [4.69, 9.17) is 4.74 Å². The van der Waals surface area contributed by atoms with E-state index in [1.165, 1.54) is 29.7 Å². The molecule has 1 aliphatic rings. The molecule has 8 nitrogen and oxygen atoms in total. The first kappa shape index (κ1) is 24.1. The minimum Gasteiger partial charge on any atom is -0.472 e. The summed E-state index contributed by atoms with van der Waals surface area (Å²) >= 11 is 0. The van der Waals surface area contributed by atoms with Gasteiger partial charge in [0.2, 0.25) is 15.9 Å². The molecule has 1 amide bonds. The first-order chi connectivity index (χ1) is 15.0. The Morgan fingerprint density at radius 3 is 2.56 bits per heavy atom. The standard InChI is InChI=1S/C22H28FN3O5S/c1-14-11-26(15(2)13-27)22(28)19-9-17(16-5-7-18(23)8-6-16)10-24-21(19)31-20(14)12-25(3)32(4,29)30/h5-10,14-15,20,27H,11-13H2,1-4H3/t14-,15-,20+/m1/s1. The summed E-state index contributed by atoms with van der Waals surface area (Å²) in [6.07, 6.45) is 2.08. The van der Waals surface area contributed by atoms with Crippen LogP contribution in [0.5, 0.6) is 5.88 Å². The van der Waals surface area contributed by atoms with E-state index in [1.807, 2.05) is 6.92 Å². The molecule has 1 aromatic carbocycles. The van der Waals surface area contributed by atoms with E-state index in [0.717, 1.165) is 6.26 Å². The van der Waals surface area contributed by atoms with Gasteiger partial charge < -0.3 is 14.7 Å². The number of aliphatic hydroxyl groups is 1. The molecule has 0 spiro atoms. The monoisotopic (exact) mass is 465 g/mol. The maximum Gasteiger partial charge on any atom is 0.259 e. The number of aromatic nitrogens is 1. The molecule has 10 heteroatoms. The molecule has 1 aromatic heterocycles. The summed E-state index contributed by atoms with van der Waals surface area (Å²) in [5.74, 6) is -0.861. The molecular formula is C22H28FN3O5S. The summed E-state index contributed by atoms with van der Waals surface area (Å²) in [5.41, 5.74) is 1.49. The predicted octanol–water partition coefficient (Wildman–Crippen LogP) is 2.00. The SMILES string of the molecule is C[C@@H]1CN([C@H](C)CO)C(=O)c2cc(-c3ccc(F)cc3)cnc2O[C@H]1CN(C)S(C)(=O)=O. The fourth-order valence-electron chi connectivity index (χ4n) is 3.51. The van der Waals surface area contributed by atoms with E-state index in [0.29, 0.717) is 11.1 Å². The average Bonchev–Trinajstić information content (AvgIpc) is 2.75. The van der Waals surface area contributed by atoms with Crippen LogP contribution in [-0.2, 0) is 10.0 Å². The largest absolute Gasteiger partial charge is 0.472 e. The number of pyridine rings is 1. The number of carbonyl (C=O) groups is 1. The first-order valence-electron chi connectivity index (χ1n) is 10.3. The van der Waals surface area contributed by atoms with Gasteiger partial charge in [0, 0.05) is 31.3 Å². The third-order valence-electron chi connectivity index (χ3n) is 5.70. The quantitative estimate of drug-likeness (QED) is 0.701. The van der Waals surface area contributed by atoms with Gasteiger partial charge in [-0.2, -0.15) is 0 Å². The molecule has 2 aromatic rings. The number of halogens is 1. The van der Waals surface area contributed by atoms with Crippen molar-refractivity contribution in [2.75, 3.05) is 33.0 Å². The number of sulfonamides is 1. The minimum atomic E-state index is -3.43. The number of rotatable bonds is 6. The Morgan fingerprint density at radius 2 is 1.97 bits per heavy atom. The zero-order valence-electron chi connectivity index (χ0n) is 18.5. The Hall–Kier alpha value is -2.56. The smallest absolute Gasteiger partial charge is 0.259 e. The number of nitrogens with zero attached hydrogens (tertiary/aromatic N) is 3. The van der Waals surface area contributed by atoms with E-state index < -0.39 is 22.2 Å². The van der Waals surface area contributed by atoms with Crippen molar-refractivity contribution in [1.29, 1.82) is 0 Å². The second-order valence-corrected chi connectivity index (χ2v) is 10.3. The number of benzene rings is 1. The summed E-state index contributed by atoms with van der Waals surface area (Å²) < 4.78 is 44.5. The van der Waals surface area contributed by atoms with Crippen molar-refractivity contribution in [1.82, 2.24) is 14.2 Å². The molecule has 32 heavy (non-hydrogen) atoms. The minimum absolute atomic E-state index is 0.0797. The molecule has 0 saturated heterocycles. The maximum atomic E-state index is 13.4. The Labute approximate surface area is 187 Å². The number of amides is 1. The van der Waals surface area contributed by atoms with E-state index in [-0.39, 0.29) is 48.8 Å². The lowest BCUT2D eigenvalue weighted by atomic mass is 9.99. The van der Waals surface area contributed by atoms with Crippen molar-refractivity contribution in [3.05, 3.63) is 47.9 Å². The van der Waals surface area contributed by atoms with Crippen LogP contribution >= 0.6 is 0 Å². The van der Waals surface area contributed by atoms with Gasteiger partial charge in [-0.15, -0.1) is 0 Å². The van der Waals surface area contributed by atoms with Crippen molar-refractivity contribution in [2.45, 2.75) is 26.0 Å². The molecule has 0 unspecified atom stereocenters. The lowest BCUT2D eigenvalue weighted by molar-refractivity contribution is 0.0374. The number of aliphatic hydroxyl groups excluding tert-OH is 1. The van der Waals surface area contributed by atoms with Gasteiger partial charge in [0.25, 0.3) is 5.91 Å². The Balaban J connectivity index is 2.06. The van der Waals surface area contributed by atoms with Gasteiger partial charge in [0.05, 0.1) is 25.4 Å². The van der Waals surface area contributed by atoms with Gasteiger partial charge in [0.1, 0.15) is 17.5 Å². The zero-order chi connectivity index (χ0) is 23.6. The molecule has 0 saturated carbocycles. The molecule has 3 rings (SSSR count). The fourth-order valence-corrected chi connectivity index (χ4v) is 3.93. The second-order valence-electron chi connectivity index (χ2n) is 8.25. The van der Waals surface area contributed by atoms with Crippen LogP contribution in [0.1, 0.15) is 24.2 Å². The highest BCUT2D eigenvalue weighted by atomic mass is 32.2. The molecule has 1 aliphatic heterocycles. The number of fused-ring (bicyclic) bond motifs is 1. The Kier molecular flexibility index (Phi) is 7.16. The lowest BCUT2D eigenvalue weighted by Crippen LogP contribution is -2.50. The molecule has 1 N–H and O–H groups in total. The Bertz CT molecular complexity index is 1080. The van der Waals surface area contributed by atoms with Gasteiger partial charge in [-0.1, -0.05) is 19.1 Å². The van der Waals surface area contributed by atoms with Crippen molar-refractivity contribution in [3.8, 4) is 17.0 Å². The summed E-state index contributed by atoms with van der Waals surface area (Å²) in [5, 5.41) is 9.71. The van der Waals surface area contributed by atoms with Crippen molar-refractivity contribution in [3.63, 3.8) is 0 Å². The van der Waals surface area contributed by atoms with Crippen LogP contribution in [0.3, 0.4) is 0 Å². The van der Waals surface area contributed by atoms with Crippen LogP contribution in [0, 0.1) is 11.7 Å². The predicted molar refractivity (Wildman–Crippen MR) is 118 cm³/mol. The van der Waals surface area contributed by atoms with Crippen LogP contribution in [0.25, 0.3) is 11.1 Å².